The van der Waals surface area contributed by atoms with Gasteiger partial charge in [-0.2, -0.15) is 0 Å². The zero-order valence-corrected chi connectivity index (χ0v) is 12.3. The Bertz CT molecular complexity index is 190. The molecule has 0 aromatic rings. The normalized spacial score (nSPS) is 20.5. The molecule has 1 fully saturated rings. The van der Waals surface area contributed by atoms with Gasteiger partial charge in [0.2, 0.25) is 0 Å². The van der Waals surface area contributed by atoms with Crippen LogP contribution in [0.1, 0.15) is 66.2 Å². The SMILES string of the molecule is CCC(NCCNC(C)(C)C)C1CCCCC1. The zero-order valence-electron chi connectivity index (χ0n) is 12.3. The molecule has 0 aromatic carbocycles. The largest absolute Gasteiger partial charge is 0.312 e. The Kier molecular flexibility index (Phi) is 6.50. The molecular formula is C15H32N2. The highest BCUT2D eigenvalue weighted by atomic mass is 15.0. The molecule has 0 aliphatic heterocycles. The second kappa shape index (κ2) is 7.38. The molecule has 17 heavy (non-hydrogen) atoms. The minimum absolute atomic E-state index is 0.244. The van der Waals surface area contributed by atoms with Crippen molar-refractivity contribution in [2.45, 2.75) is 77.8 Å². The van der Waals surface area contributed by atoms with Crippen LogP contribution in [-0.2, 0) is 0 Å². The van der Waals surface area contributed by atoms with Crippen molar-refractivity contribution in [2.75, 3.05) is 13.1 Å². The van der Waals surface area contributed by atoms with Gasteiger partial charge in [-0.3, -0.25) is 0 Å². The monoisotopic (exact) mass is 240 g/mol. The number of hydrogen-bond acceptors (Lipinski definition) is 2. The zero-order chi connectivity index (χ0) is 12.7. The van der Waals surface area contributed by atoms with Gasteiger partial charge in [0.15, 0.2) is 0 Å². The Morgan fingerprint density at radius 3 is 2.24 bits per heavy atom. The topological polar surface area (TPSA) is 24.1 Å². The van der Waals surface area contributed by atoms with Gasteiger partial charge in [0.25, 0.3) is 0 Å². The minimum atomic E-state index is 0.244. The molecule has 102 valence electrons. The predicted molar refractivity (Wildman–Crippen MR) is 76.4 cm³/mol. The van der Waals surface area contributed by atoms with Crippen molar-refractivity contribution in [3.63, 3.8) is 0 Å². The lowest BCUT2D eigenvalue weighted by Gasteiger charge is -2.31. The van der Waals surface area contributed by atoms with Crippen LogP contribution in [0.5, 0.6) is 0 Å². The van der Waals surface area contributed by atoms with Crippen molar-refractivity contribution in [2.24, 2.45) is 5.92 Å². The van der Waals surface area contributed by atoms with Crippen LogP contribution in [0.25, 0.3) is 0 Å². The highest BCUT2D eigenvalue weighted by Gasteiger charge is 2.21. The molecule has 2 heteroatoms. The van der Waals surface area contributed by atoms with Crippen molar-refractivity contribution in [3.8, 4) is 0 Å². The van der Waals surface area contributed by atoms with Gasteiger partial charge in [0.05, 0.1) is 0 Å². The van der Waals surface area contributed by atoms with Crippen LogP contribution in [0.15, 0.2) is 0 Å². The highest BCUT2D eigenvalue weighted by Crippen LogP contribution is 2.27. The van der Waals surface area contributed by atoms with Crippen LogP contribution in [0.2, 0.25) is 0 Å². The fourth-order valence-electron chi connectivity index (χ4n) is 2.88. The van der Waals surface area contributed by atoms with E-state index in [0.29, 0.717) is 0 Å². The standard InChI is InChI=1S/C15H32N2/c1-5-14(13-9-7-6-8-10-13)16-11-12-17-15(2,3)4/h13-14,16-17H,5-12H2,1-4H3. The van der Waals surface area contributed by atoms with Gasteiger partial charge < -0.3 is 10.6 Å². The molecule has 0 heterocycles. The molecule has 1 aliphatic rings. The van der Waals surface area contributed by atoms with Crippen molar-refractivity contribution < 1.29 is 0 Å². The van der Waals surface area contributed by atoms with Crippen LogP contribution in [0, 0.1) is 5.92 Å². The summed E-state index contributed by atoms with van der Waals surface area (Å²) < 4.78 is 0. The van der Waals surface area contributed by atoms with Gasteiger partial charge in [0, 0.05) is 24.7 Å². The molecule has 1 atom stereocenters. The molecule has 0 bridgehead atoms. The molecule has 1 aliphatic carbocycles. The first-order valence-corrected chi connectivity index (χ1v) is 7.51. The van der Waals surface area contributed by atoms with Crippen LogP contribution >= 0.6 is 0 Å². The van der Waals surface area contributed by atoms with Crippen molar-refractivity contribution >= 4 is 0 Å². The second-order valence-corrected chi connectivity index (χ2v) is 6.54. The molecule has 0 amide bonds. The second-order valence-electron chi connectivity index (χ2n) is 6.54. The first kappa shape index (κ1) is 15.0. The summed E-state index contributed by atoms with van der Waals surface area (Å²) in [5.41, 5.74) is 0.244. The molecule has 1 saturated carbocycles. The molecule has 0 spiro atoms. The Morgan fingerprint density at radius 1 is 1.06 bits per heavy atom. The van der Waals surface area contributed by atoms with Crippen molar-refractivity contribution in [3.05, 3.63) is 0 Å². The maximum absolute atomic E-state index is 3.75. The minimum Gasteiger partial charge on any atom is -0.312 e. The van der Waals surface area contributed by atoms with Crippen molar-refractivity contribution in [1.29, 1.82) is 0 Å². The van der Waals surface area contributed by atoms with E-state index in [4.69, 9.17) is 0 Å². The molecular weight excluding hydrogens is 208 g/mol. The van der Waals surface area contributed by atoms with E-state index in [-0.39, 0.29) is 5.54 Å². The first-order valence-electron chi connectivity index (χ1n) is 7.51. The van der Waals surface area contributed by atoms with Crippen LogP contribution in [0.3, 0.4) is 0 Å². The third-order valence-corrected chi connectivity index (χ3v) is 3.85. The quantitative estimate of drug-likeness (QED) is 0.696. The summed E-state index contributed by atoms with van der Waals surface area (Å²) in [7, 11) is 0. The van der Waals surface area contributed by atoms with E-state index in [9.17, 15) is 0 Å². The summed E-state index contributed by atoms with van der Waals surface area (Å²) in [4.78, 5) is 0. The Labute approximate surface area is 108 Å². The Morgan fingerprint density at radius 2 is 1.71 bits per heavy atom. The summed E-state index contributed by atoms with van der Waals surface area (Å²) in [5.74, 6) is 0.934. The van der Waals surface area contributed by atoms with Gasteiger partial charge in [0.1, 0.15) is 0 Å². The Hall–Kier alpha value is -0.0800. The summed E-state index contributed by atoms with van der Waals surface area (Å²) >= 11 is 0. The maximum atomic E-state index is 3.75. The average Bonchev–Trinajstić information content (AvgIpc) is 2.29. The smallest absolute Gasteiger partial charge is 0.00970 e. The number of nitrogens with one attached hydrogen (secondary N) is 2. The average molecular weight is 240 g/mol. The van der Waals surface area contributed by atoms with E-state index in [1.807, 2.05) is 0 Å². The fourth-order valence-corrected chi connectivity index (χ4v) is 2.88. The molecule has 2 nitrogen and oxygen atoms in total. The van der Waals surface area contributed by atoms with Crippen molar-refractivity contribution in [1.82, 2.24) is 10.6 Å². The van der Waals surface area contributed by atoms with E-state index in [1.165, 1.54) is 38.5 Å². The lowest BCUT2D eigenvalue weighted by atomic mass is 9.83. The van der Waals surface area contributed by atoms with E-state index in [1.54, 1.807) is 0 Å². The van der Waals surface area contributed by atoms with Crippen LogP contribution < -0.4 is 10.6 Å². The molecule has 1 rings (SSSR count). The van der Waals surface area contributed by atoms with Crippen LogP contribution in [-0.4, -0.2) is 24.7 Å². The molecule has 1 unspecified atom stereocenters. The fraction of sp³-hybridized carbons (Fsp3) is 1.00. The van der Waals surface area contributed by atoms with Gasteiger partial charge in [-0.05, 0) is 46.0 Å². The van der Waals surface area contributed by atoms with Gasteiger partial charge in [-0.1, -0.05) is 26.2 Å². The third kappa shape index (κ3) is 6.42. The molecule has 0 saturated heterocycles. The third-order valence-electron chi connectivity index (χ3n) is 3.85. The van der Waals surface area contributed by atoms with E-state index in [0.717, 1.165) is 25.0 Å². The lowest BCUT2D eigenvalue weighted by Crippen LogP contribution is -2.44. The summed E-state index contributed by atoms with van der Waals surface area (Å²) in [6.45, 7) is 11.2. The van der Waals surface area contributed by atoms with E-state index >= 15 is 0 Å². The lowest BCUT2D eigenvalue weighted by molar-refractivity contribution is 0.261. The Balaban J connectivity index is 2.18. The highest BCUT2D eigenvalue weighted by molar-refractivity contribution is 4.79. The van der Waals surface area contributed by atoms with Gasteiger partial charge in [-0.25, -0.2) is 0 Å². The van der Waals surface area contributed by atoms with E-state index < -0.39 is 0 Å². The van der Waals surface area contributed by atoms with Gasteiger partial charge >= 0.3 is 0 Å². The summed E-state index contributed by atoms with van der Waals surface area (Å²) in [5, 5.41) is 7.29. The van der Waals surface area contributed by atoms with E-state index in [2.05, 4.69) is 38.3 Å². The number of hydrogen-bond donors (Lipinski definition) is 2. The molecule has 0 radical (unpaired) electrons. The summed E-state index contributed by atoms with van der Waals surface area (Å²) in [6.07, 6.45) is 8.52. The predicted octanol–water partition coefficient (Wildman–Crippen LogP) is 3.32. The summed E-state index contributed by atoms with van der Waals surface area (Å²) in [6, 6.07) is 0.747. The first-order chi connectivity index (χ1) is 8.03. The molecule has 2 N–H and O–H groups in total. The maximum Gasteiger partial charge on any atom is 0.00970 e. The van der Waals surface area contributed by atoms with Gasteiger partial charge in [-0.15, -0.1) is 0 Å². The number of rotatable bonds is 6. The van der Waals surface area contributed by atoms with Crippen LogP contribution in [0.4, 0.5) is 0 Å². The molecule has 0 aromatic heterocycles.